The molecule has 1 amide bonds. The van der Waals surface area contributed by atoms with E-state index in [0.717, 1.165) is 11.3 Å². The van der Waals surface area contributed by atoms with Crippen molar-refractivity contribution in [1.29, 1.82) is 0 Å². The summed E-state index contributed by atoms with van der Waals surface area (Å²) in [6.07, 6.45) is 5.28. The molecule has 0 radical (unpaired) electrons. The van der Waals surface area contributed by atoms with Gasteiger partial charge in [-0.15, -0.1) is 0 Å². The second kappa shape index (κ2) is 8.96. The van der Waals surface area contributed by atoms with Gasteiger partial charge >= 0.3 is 5.97 Å². The molecule has 154 valence electrons. The van der Waals surface area contributed by atoms with Crippen LogP contribution in [0.3, 0.4) is 0 Å². The number of aromatic nitrogens is 1. The van der Waals surface area contributed by atoms with Crippen LogP contribution < -0.4 is 10.2 Å². The molecule has 2 aromatic heterocycles. The molecule has 4 aromatic rings. The van der Waals surface area contributed by atoms with Crippen molar-refractivity contribution in [3.05, 3.63) is 108 Å². The largest absolute Gasteiger partial charge is 0.457 e. The average molecular weight is 413 g/mol. The van der Waals surface area contributed by atoms with Crippen LogP contribution in [0.5, 0.6) is 5.75 Å². The SMILES string of the molecule is C/C(=N\NC(=O)c1ccc(-n2cccc2)cc1)c1ccc(OC(=O)c2ccco2)cc1. The second-order valence-corrected chi connectivity index (χ2v) is 6.67. The van der Waals surface area contributed by atoms with Crippen LogP contribution >= 0.6 is 0 Å². The van der Waals surface area contributed by atoms with E-state index in [2.05, 4.69) is 10.5 Å². The standard InChI is InChI=1S/C24H19N3O4/c1-17(18-8-12-21(13-9-18)31-24(29)22-5-4-16-30-22)25-26-23(28)19-6-10-20(11-7-19)27-14-2-3-15-27/h2-16H,1H3,(H,26,28)/b25-17+. The number of nitrogens with one attached hydrogen (secondary N) is 1. The lowest BCUT2D eigenvalue weighted by Crippen LogP contribution is -2.19. The summed E-state index contributed by atoms with van der Waals surface area (Å²) in [4.78, 5) is 24.3. The molecule has 2 heterocycles. The third kappa shape index (κ3) is 4.79. The molecule has 0 saturated heterocycles. The molecule has 0 saturated carbocycles. The van der Waals surface area contributed by atoms with Gasteiger partial charge in [0.05, 0.1) is 12.0 Å². The first kappa shape index (κ1) is 19.9. The van der Waals surface area contributed by atoms with Crippen LogP contribution in [-0.4, -0.2) is 22.2 Å². The summed E-state index contributed by atoms with van der Waals surface area (Å²) in [5.74, 6) is -0.365. The molecule has 2 aromatic carbocycles. The minimum atomic E-state index is -0.571. The molecule has 0 aliphatic carbocycles. The smallest absolute Gasteiger partial charge is 0.379 e. The summed E-state index contributed by atoms with van der Waals surface area (Å²) in [6.45, 7) is 1.78. The number of ether oxygens (including phenoxy) is 1. The molecule has 0 unspecified atom stereocenters. The van der Waals surface area contributed by atoms with Gasteiger partial charge in [0.15, 0.2) is 0 Å². The highest BCUT2D eigenvalue weighted by molar-refractivity contribution is 6.01. The zero-order valence-corrected chi connectivity index (χ0v) is 16.7. The zero-order chi connectivity index (χ0) is 21.6. The van der Waals surface area contributed by atoms with Crippen LogP contribution in [0.4, 0.5) is 0 Å². The number of amides is 1. The normalized spacial score (nSPS) is 11.2. The van der Waals surface area contributed by atoms with Crippen molar-refractivity contribution in [2.75, 3.05) is 0 Å². The van der Waals surface area contributed by atoms with Crippen LogP contribution in [-0.2, 0) is 0 Å². The molecular weight excluding hydrogens is 394 g/mol. The Morgan fingerprint density at radius 1 is 0.903 bits per heavy atom. The molecule has 1 N–H and O–H groups in total. The maximum atomic E-state index is 12.4. The highest BCUT2D eigenvalue weighted by atomic mass is 16.5. The molecule has 7 nitrogen and oxygen atoms in total. The third-order valence-corrected chi connectivity index (χ3v) is 4.56. The van der Waals surface area contributed by atoms with E-state index in [1.54, 1.807) is 49.4 Å². The Morgan fingerprint density at radius 3 is 2.23 bits per heavy atom. The van der Waals surface area contributed by atoms with E-state index >= 15 is 0 Å². The lowest BCUT2D eigenvalue weighted by molar-refractivity contribution is 0.0701. The average Bonchev–Trinajstić information content (AvgIpc) is 3.52. The summed E-state index contributed by atoms with van der Waals surface area (Å²) in [5, 5.41) is 4.16. The Labute approximate surface area is 178 Å². The maximum absolute atomic E-state index is 12.4. The Kier molecular flexibility index (Phi) is 5.75. The number of hydrazone groups is 1. The highest BCUT2D eigenvalue weighted by Crippen LogP contribution is 2.15. The maximum Gasteiger partial charge on any atom is 0.379 e. The molecule has 0 bridgehead atoms. The molecule has 0 atom stereocenters. The van der Waals surface area contributed by atoms with Crippen LogP contribution in [0.25, 0.3) is 5.69 Å². The minimum absolute atomic E-state index is 0.130. The van der Waals surface area contributed by atoms with E-state index in [1.807, 2.05) is 41.2 Å². The van der Waals surface area contributed by atoms with Crippen molar-refractivity contribution in [2.45, 2.75) is 6.92 Å². The molecule has 4 rings (SSSR count). The molecule has 31 heavy (non-hydrogen) atoms. The Morgan fingerprint density at radius 2 is 1.58 bits per heavy atom. The first-order chi connectivity index (χ1) is 15.1. The summed E-state index contributed by atoms with van der Waals surface area (Å²) >= 11 is 0. The van der Waals surface area contributed by atoms with E-state index in [9.17, 15) is 9.59 Å². The van der Waals surface area contributed by atoms with Gasteiger partial charge in [0, 0.05) is 23.6 Å². The third-order valence-electron chi connectivity index (χ3n) is 4.56. The fraction of sp³-hybridized carbons (Fsp3) is 0.0417. The quantitative estimate of drug-likeness (QED) is 0.219. The second-order valence-electron chi connectivity index (χ2n) is 6.67. The minimum Gasteiger partial charge on any atom is -0.457 e. The monoisotopic (exact) mass is 413 g/mol. The predicted molar refractivity (Wildman–Crippen MR) is 116 cm³/mol. The number of nitrogens with zero attached hydrogens (tertiary/aromatic N) is 2. The van der Waals surface area contributed by atoms with E-state index in [4.69, 9.17) is 9.15 Å². The van der Waals surface area contributed by atoms with E-state index in [0.29, 0.717) is 17.0 Å². The fourth-order valence-corrected chi connectivity index (χ4v) is 2.87. The van der Waals surface area contributed by atoms with Crippen LogP contribution in [0, 0.1) is 0 Å². The van der Waals surface area contributed by atoms with Gasteiger partial charge in [-0.25, -0.2) is 10.2 Å². The summed E-state index contributed by atoms with van der Waals surface area (Å²) < 4.78 is 12.2. The first-order valence-corrected chi connectivity index (χ1v) is 9.54. The van der Waals surface area contributed by atoms with Crippen LogP contribution in [0.2, 0.25) is 0 Å². The summed E-state index contributed by atoms with van der Waals surface area (Å²) in [6, 6.07) is 21.1. The number of benzene rings is 2. The van der Waals surface area contributed by atoms with E-state index < -0.39 is 5.97 Å². The molecule has 0 fully saturated rings. The summed E-state index contributed by atoms with van der Waals surface area (Å²) in [7, 11) is 0. The van der Waals surface area contributed by atoms with Crippen molar-refractivity contribution < 1.29 is 18.7 Å². The number of carbonyl (C=O) groups excluding carboxylic acids is 2. The van der Waals surface area contributed by atoms with Gasteiger partial charge in [-0.3, -0.25) is 4.79 Å². The lowest BCUT2D eigenvalue weighted by atomic mass is 10.1. The zero-order valence-electron chi connectivity index (χ0n) is 16.7. The molecule has 0 aliphatic heterocycles. The van der Waals surface area contributed by atoms with Crippen molar-refractivity contribution in [2.24, 2.45) is 5.10 Å². The van der Waals surface area contributed by atoms with Gasteiger partial charge in [-0.2, -0.15) is 5.10 Å². The van der Waals surface area contributed by atoms with Gasteiger partial charge in [0.25, 0.3) is 5.91 Å². The Balaban J connectivity index is 1.36. The van der Waals surface area contributed by atoms with Crippen molar-refractivity contribution in [3.63, 3.8) is 0 Å². The number of hydrogen-bond donors (Lipinski definition) is 1. The van der Waals surface area contributed by atoms with Gasteiger partial charge in [-0.05, 0) is 85.3 Å². The number of hydrogen-bond acceptors (Lipinski definition) is 5. The van der Waals surface area contributed by atoms with Crippen LogP contribution in [0.15, 0.2) is 101 Å². The van der Waals surface area contributed by atoms with Crippen molar-refractivity contribution in [1.82, 2.24) is 9.99 Å². The molecule has 7 heteroatoms. The summed E-state index contributed by atoms with van der Waals surface area (Å²) in [5.41, 5.74) is 5.43. The number of furan rings is 1. The lowest BCUT2D eigenvalue weighted by Gasteiger charge is -2.06. The van der Waals surface area contributed by atoms with Gasteiger partial charge in [-0.1, -0.05) is 0 Å². The predicted octanol–water partition coefficient (Wildman–Crippen LogP) is 4.44. The number of rotatable bonds is 6. The van der Waals surface area contributed by atoms with Crippen molar-refractivity contribution >= 4 is 17.6 Å². The van der Waals surface area contributed by atoms with Gasteiger partial charge in [0.1, 0.15) is 5.75 Å². The Bertz CT molecular complexity index is 1190. The van der Waals surface area contributed by atoms with Gasteiger partial charge < -0.3 is 13.7 Å². The van der Waals surface area contributed by atoms with Gasteiger partial charge in [0.2, 0.25) is 5.76 Å². The molecule has 0 aliphatic rings. The van der Waals surface area contributed by atoms with Crippen LogP contribution in [0.1, 0.15) is 33.4 Å². The highest BCUT2D eigenvalue weighted by Gasteiger charge is 2.11. The van der Waals surface area contributed by atoms with E-state index in [1.165, 1.54) is 12.3 Å². The Hall–Kier alpha value is -4.39. The number of carbonyl (C=O) groups is 2. The first-order valence-electron chi connectivity index (χ1n) is 9.54. The topological polar surface area (TPSA) is 85.8 Å². The fourth-order valence-electron chi connectivity index (χ4n) is 2.87. The molecule has 0 spiro atoms. The van der Waals surface area contributed by atoms with Crippen molar-refractivity contribution in [3.8, 4) is 11.4 Å². The molecular formula is C24H19N3O4. The van der Waals surface area contributed by atoms with E-state index in [-0.39, 0.29) is 11.7 Å². The number of esters is 1.